The van der Waals surface area contributed by atoms with Gasteiger partial charge < -0.3 is 5.73 Å². The molecule has 3 aliphatic heterocycles. The molecule has 3 heteroatoms. The van der Waals surface area contributed by atoms with Crippen molar-refractivity contribution in [1.82, 2.24) is 9.80 Å². The van der Waals surface area contributed by atoms with Crippen LogP contribution in [-0.2, 0) is 0 Å². The van der Waals surface area contributed by atoms with Crippen LogP contribution in [0.5, 0.6) is 0 Å². The minimum absolute atomic E-state index is 0.146. The molecule has 2 atom stereocenters. The third-order valence-electron chi connectivity index (χ3n) is 3.04. The van der Waals surface area contributed by atoms with Crippen molar-refractivity contribution in [3.8, 4) is 0 Å². The van der Waals surface area contributed by atoms with Gasteiger partial charge in [0.25, 0.3) is 0 Å². The zero-order valence-electron chi connectivity index (χ0n) is 7.45. The summed E-state index contributed by atoms with van der Waals surface area (Å²) in [6.07, 6.45) is 1.87. The summed E-state index contributed by atoms with van der Waals surface area (Å²) in [5.41, 5.74) is 5.95. The summed E-state index contributed by atoms with van der Waals surface area (Å²) in [6, 6.07) is 0.665. The smallest absolute Gasteiger partial charge is 0.0411 e. The lowest BCUT2D eigenvalue weighted by atomic mass is 10.0. The summed E-state index contributed by atoms with van der Waals surface area (Å²) in [5, 5.41) is 0. The summed E-state index contributed by atoms with van der Waals surface area (Å²) in [6.45, 7) is 9.70. The van der Waals surface area contributed by atoms with Crippen LogP contribution in [0.1, 0.15) is 0 Å². The predicted octanol–water partition coefficient (Wildman–Crippen LogP) is -0.500. The normalized spacial score (nSPS) is 42.6. The Kier molecular flexibility index (Phi) is 2.17. The number of fused-ring (bicyclic) bond motifs is 3. The molecule has 0 saturated carbocycles. The van der Waals surface area contributed by atoms with Crippen LogP contribution in [0.2, 0.25) is 0 Å². The fourth-order valence-electron chi connectivity index (χ4n) is 2.18. The van der Waals surface area contributed by atoms with Crippen molar-refractivity contribution in [3.63, 3.8) is 0 Å². The summed E-state index contributed by atoms with van der Waals surface area (Å²) >= 11 is 0. The molecule has 3 fully saturated rings. The van der Waals surface area contributed by atoms with E-state index < -0.39 is 0 Å². The Morgan fingerprint density at radius 3 is 2.42 bits per heavy atom. The number of rotatable bonds is 2. The van der Waals surface area contributed by atoms with E-state index in [0.717, 1.165) is 6.54 Å². The summed E-state index contributed by atoms with van der Waals surface area (Å²) in [4.78, 5) is 4.99. The molecule has 0 aliphatic carbocycles. The Hall–Kier alpha value is -0.380. The Labute approximate surface area is 73.8 Å². The molecule has 3 rings (SSSR count). The molecule has 0 radical (unpaired) electrons. The highest BCUT2D eigenvalue weighted by Gasteiger charge is 2.33. The summed E-state index contributed by atoms with van der Waals surface area (Å²) in [5.74, 6) is 0. The molecule has 0 spiro atoms. The molecule has 12 heavy (non-hydrogen) atoms. The van der Waals surface area contributed by atoms with Gasteiger partial charge >= 0.3 is 0 Å². The van der Waals surface area contributed by atoms with Crippen LogP contribution < -0.4 is 5.73 Å². The van der Waals surface area contributed by atoms with Gasteiger partial charge in [0.05, 0.1) is 0 Å². The van der Waals surface area contributed by atoms with E-state index in [1.807, 2.05) is 6.08 Å². The van der Waals surface area contributed by atoms with Crippen LogP contribution in [0.25, 0.3) is 0 Å². The van der Waals surface area contributed by atoms with E-state index in [1.165, 1.54) is 26.2 Å². The third kappa shape index (κ3) is 1.28. The van der Waals surface area contributed by atoms with Crippen molar-refractivity contribution in [2.45, 2.75) is 12.1 Å². The van der Waals surface area contributed by atoms with Gasteiger partial charge in [-0.05, 0) is 0 Å². The molecule has 3 nitrogen and oxygen atoms in total. The molecule has 3 aliphatic rings. The molecule has 0 aromatic heterocycles. The van der Waals surface area contributed by atoms with E-state index in [4.69, 9.17) is 5.73 Å². The summed E-state index contributed by atoms with van der Waals surface area (Å²) in [7, 11) is 0. The maximum absolute atomic E-state index is 5.95. The van der Waals surface area contributed by atoms with Crippen molar-refractivity contribution in [2.24, 2.45) is 5.73 Å². The van der Waals surface area contributed by atoms with Crippen molar-refractivity contribution in [3.05, 3.63) is 12.7 Å². The molecule has 2 N–H and O–H groups in total. The van der Waals surface area contributed by atoms with Crippen molar-refractivity contribution in [2.75, 3.05) is 32.7 Å². The fraction of sp³-hybridized carbons (Fsp3) is 0.778. The average molecular weight is 167 g/mol. The first-order valence-electron chi connectivity index (χ1n) is 4.66. The van der Waals surface area contributed by atoms with Gasteiger partial charge in [0.1, 0.15) is 0 Å². The molecule has 2 bridgehead atoms. The van der Waals surface area contributed by atoms with Gasteiger partial charge in [-0.3, -0.25) is 9.80 Å². The van der Waals surface area contributed by atoms with Gasteiger partial charge in [-0.15, -0.1) is 6.58 Å². The van der Waals surface area contributed by atoms with Gasteiger partial charge in [-0.25, -0.2) is 0 Å². The fourth-order valence-corrected chi connectivity index (χ4v) is 2.18. The Morgan fingerprint density at radius 2 is 2.00 bits per heavy atom. The van der Waals surface area contributed by atoms with Crippen molar-refractivity contribution in [1.29, 1.82) is 0 Å². The molecular weight excluding hydrogens is 150 g/mol. The topological polar surface area (TPSA) is 32.5 Å². The van der Waals surface area contributed by atoms with Gasteiger partial charge in [0.15, 0.2) is 0 Å². The Balaban J connectivity index is 2.03. The molecule has 3 heterocycles. The molecule has 0 aromatic rings. The van der Waals surface area contributed by atoms with Crippen molar-refractivity contribution < 1.29 is 0 Å². The summed E-state index contributed by atoms with van der Waals surface area (Å²) < 4.78 is 0. The zero-order chi connectivity index (χ0) is 8.55. The van der Waals surface area contributed by atoms with E-state index in [1.54, 1.807) is 0 Å². The second-order valence-electron chi connectivity index (χ2n) is 3.72. The van der Waals surface area contributed by atoms with Gasteiger partial charge in [-0.2, -0.15) is 0 Å². The molecule has 2 unspecified atom stereocenters. The molecular formula is C9H17N3. The highest BCUT2D eigenvalue weighted by Crippen LogP contribution is 2.17. The van der Waals surface area contributed by atoms with E-state index in [9.17, 15) is 0 Å². The lowest BCUT2D eigenvalue weighted by Gasteiger charge is -2.49. The van der Waals surface area contributed by atoms with Gasteiger partial charge in [0.2, 0.25) is 0 Å². The van der Waals surface area contributed by atoms with Crippen LogP contribution in [-0.4, -0.2) is 54.6 Å². The third-order valence-corrected chi connectivity index (χ3v) is 3.04. The first-order chi connectivity index (χ1) is 5.81. The highest BCUT2D eigenvalue weighted by atomic mass is 15.3. The largest absolute Gasteiger partial charge is 0.323 e. The van der Waals surface area contributed by atoms with Crippen LogP contribution in [0.4, 0.5) is 0 Å². The number of piperazine rings is 3. The monoisotopic (exact) mass is 167 g/mol. The number of nitrogens with zero attached hydrogens (tertiary/aromatic N) is 2. The minimum Gasteiger partial charge on any atom is -0.323 e. The molecule has 0 aromatic carbocycles. The van der Waals surface area contributed by atoms with E-state index in [2.05, 4.69) is 16.4 Å². The van der Waals surface area contributed by atoms with E-state index in [-0.39, 0.29) is 6.04 Å². The molecule has 68 valence electrons. The first kappa shape index (κ1) is 8.23. The maximum atomic E-state index is 5.95. The lowest BCUT2D eigenvalue weighted by Crippen LogP contribution is -2.65. The standard InChI is InChI=1S/C9H17N3/c1-2-8(10)9-7-11-3-5-12(9)6-4-11/h2,8-9H,1,3-7,10H2. The lowest BCUT2D eigenvalue weighted by molar-refractivity contribution is 0.00849. The average Bonchev–Trinajstić information content (AvgIpc) is 2.18. The molecule has 0 amide bonds. The quantitative estimate of drug-likeness (QED) is 0.563. The zero-order valence-corrected chi connectivity index (χ0v) is 7.45. The van der Waals surface area contributed by atoms with E-state index >= 15 is 0 Å². The minimum atomic E-state index is 0.146. The van der Waals surface area contributed by atoms with Crippen molar-refractivity contribution >= 4 is 0 Å². The van der Waals surface area contributed by atoms with Crippen LogP contribution in [0.3, 0.4) is 0 Å². The Bertz CT molecular complexity index is 173. The number of nitrogens with two attached hydrogens (primary N) is 1. The second kappa shape index (κ2) is 3.17. The Morgan fingerprint density at radius 1 is 1.33 bits per heavy atom. The van der Waals surface area contributed by atoms with E-state index in [0.29, 0.717) is 6.04 Å². The number of hydrogen-bond acceptors (Lipinski definition) is 3. The SMILES string of the molecule is C=CC(N)C1CN2CCN1CC2. The predicted molar refractivity (Wildman–Crippen MR) is 50.0 cm³/mol. The highest BCUT2D eigenvalue weighted by molar-refractivity contribution is 5.00. The molecule has 3 saturated heterocycles. The van der Waals surface area contributed by atoms with Gasteiger partial charge in [-0.1, -0.05) is 6.08 Å². The van der Waals surface area contributed by atoms with Crippen LogP contribution in [0, 0.1) is 0 Å². The number of hydrogen-bond donors (Lipinski definition) is 1. The van der Waals surface area contributed by atoms with Gasteiger partial charge in [0, 0.05) is 44.8 Å². The first-order valence-corrected chi connectivity index (χ1v) is 4.66. The second-order valence-corrected chi connectivity index (χ2v) is 3.72. The van der Waals surface area contributed by atoms with Crippen LogP contribution in [0.15, 0.2) is 12.7 Å². The maximum Gasteiger partial charge on any atom is 0.0411 e. The van der Waals surface area contributed by atoms with Crippen LogP contribution >= 0.6 is 0 Å².